The second kappa shape index (κ2) is 18.0. The smallest absolute Gasteiger partial charge is 0.338 e. The summed E-state index contributed by atoms with van der Waals surface area (Å²) in [6.07, 6.45) is 3.35. The van der Waals surface area contributed by atoms with E-state index in [9.17, 15) is 24.0 Å². The van der Waals surface area contributed by atoms with Crippen molar-refractivity contribution in [3.63, 3.8) is 0 Å². The molecule has 3 aromatic rings. The zero-order chi connectivity index (χ0) is 37.1. The van der Waals surface area contributed by atoms with Gasteiger partial charge in [0.2, 0.25) is 5.91 Å². The molecule has 1 fully saturated rings. The minimum atomic E-state index is -0.712. The van der Waals surface area contributed by atoms with Gasteiger partial charge in [-0.25, -0.2) is 19.2 Å². The molecule has 13 heteroatoms. The summed E-state index contributed by atoms with van der Waals surface area (Å²) in [7, 11) is 3.62. The molecule has 0 aliphatic heterocycles. The number of rotatable bonds is 13. The van der Waals surface area contributed by atoms with E-state index in [1.807, 2.05) is 0 Å². The molecule has 3 atom stereocenters. The lowest BCUT2D eigenvalue weighted by atomic mass is 9.75. The Balaban J connectivity index is 1.40. The van der Waals surface area contributed by atoms with Gasteiger partial charge < -0.3 is 39.6 Å². The fourth-order valence-electron chi connectivity index (χ4n) is 5.95. The Morgan fingerprint density at radius 1 is 0.765 bits per heavy atom. The third-order valence-corrected chi connectivity index (χ3v) is 8.72. The van der Waals surface area contributed by atoms with Crippen molar-refractivity contribution in [2.24, 2.45) is 17.8 Å². The Labute approximate surface area is 297 Å². The maximum absolute atomic E-state index is 13.1. The van der Waals surface area contributed by atoms with Crippen molar-refractivity contribution in [2.75, 3.05) is 38.6 Å². The second-order valence-electron chi connectivity index (χ2n) is 12.8. The van der Waals surface area contributed by atoms with Crippen LogP contribution in [-0.2, 0) is 30.3 Å². The molecule has 0 heterocycles. The summed E-state index contributed by atoms with van der Waals surface area (Å²) >= 11 is 0. The van der Waals surface area contributed by atoms with Crippen LogP contribution in [0, 0.1) is 17.8 Å². The summed E-state index contributed by atoms with van der Waals surface area (Å²) in [5.41, 5.74) is 1.55. The van der Waals surface area contributed by atoms with E-state index in [1.54, 1.807) is 24.3 Å². The fourth-order valence-corrected chi connectivity index (χ4v) is 5.95. The van der Waals surface area contributed by atoms with Crippen molar-refractivity contribution in [2.45, 2.75) is 52.7 Å². The van der Waals surface area contributed by atoms with Crippen LogP contribution < -0.4 is 20.7 Å². The zero-order valence-electron chi connectivity index (χ0n) is 29.7. The summed E-state index contributed by atoms with van der Waals surface area (Å²) in [6, 6.07) is 14.5. The molecule has 0 aromatic heterocycles. The first-order valence-corrected chi connectivity index (χ1v) is 16.7. The Bertz CT molecular complexity index is 1690. The van der Waals surface area contributed by atoms with Gasteiger partial charge in [0.05, 0.1) is 49.8 Å². The van der Waals surface area contributed by atoms with Gasteiger partial charge in [-0.15, -0.1) is 0 Å². The maximum Gasteiger partial charge on any atom is 0.338 e. The van der Waals surface area contributed by atoms with Crippen LogP contribution in [0.25, 0.3) is 0 Å². The summed E-state index contributed by atoms with van der Waals surface area (Å²) < 4.78 is 26.4. The van der Waals surface area contributed by atoms with Crippen LogP contribution in [0.15, 0.2) is 60.7 Å². The molecule has 3 aromatic carbocycles. The van der Waals surface area contributed by atoms with Gasteiger partial charge in [-0.1, -0.05) is 39.3 Å². The molecule has 3 amide bonds. The molecule has 0 saturated heterocycles. The van der Waals surface area contributed by atoms with Crippen LogP contribution in [0.3, 0.4) is 0 Å². The number of nitrogens with one attached hydrogen (secondary N) is 3. The second-order valence-corrected chi connectivity index (χ2v) is 12.8. The van der Waals surface area contributed by atoms with Gasteiger partial charge in [-0.05, 0) is 84.7 Å². The number of esters is 3. The van der Waals surface area contributed by atoms with E-state index in [2.05, 4.69) is 36.7 Å². The Morgan fingerprint density at radius 2 is 1.39 bits per heavy atom. The molecule has 3 unspecified atom stereocenters. The normalized spacial score (nSPS) is 16.8. The van der Waals surface area contributed by atoms with Crippen LogP contribution in [0.2, 0.25) is 0 Å². The summed E-state index contributed by atoms with van der Waals surface area (Å²) in [5, 5.41) is 8.28. The molecule has 1 saturated carbocycles. The quantitative estimate of drug-likeness (QED) is 0.131. The molecule has 1 aliphatic carbocycles. The van der Waals surface area contributed by atoms with Crippen molar-refractivity contribution >= 4 is 41.2 Å². The molecule has 0 bridgehead atoms. The van der Waals surface area contributed by atoms with E-state index in [0.29, 0.717) is 30.0 Å². The predicted octanol–water partition coefficient (Wildman–Crippen LogP) is 6.58. The highest BCUT2D eigenvalue weighted by Gasteiger charge is 2.31. The number of benzene rings is 3. The van der Waals surface area contributed by atoms with Crippen LogP contribution in [-0.4, -0.2) is 63.9 Å². The van der Waals surface area contributed by atoms with Gasteiger partial charge in [0, 0.05) is 12.2 Å². The van der Waals surface area contributed by atoms with Crippen molar-refractivity contribution in [3.05, 3.63) is 82.9 Å². The zero-order valence-corrected chi connectivity index (χ0v) is 29.7. The highest BCUT2D eigenvalue weighted by Crippen LogP contribution is 2.35. The summed E-state index contributed by atoms with van der Waals surface area (Å²) in [4.78, 5) is 62.5. The number of carbonyl (C=O) groups is 5. The van der Waals surface area contributed by atoms with Crippen LogP contribution in [0.5, 0.6) is 11.5 Å². The van der Waals surface area contributed by atoms with Crippen molar-refractivity contribution in [1.29, 1.82) is 0 Å². The minimum absolute atomic E-state index is 0.00640. The molecule has 272 valence electrons. The minimum Gasteiger partial charge on any atom is -0.465 e. The SMILES string of the molecule is COC(=O)c1cc(Oc2ccc(C(=O)OC)cc2NC(=O)Nc2ccc(CNC(=O)COC3CC(C)CCC3C(C)C)cc2)cc(C(=O)OC)c1. The average molecular weight is 704 g/mol. The predicted molar refractivity (Wildman–Crippen MR) is 189 cm³/mol. The lowest BCUT2D eigenvalue weighted by Gasteiger charge is -2.37. The molecule has 3 N–H and O–H groups in total. The molecule has 0 radical (unpaired) electrons. The highest BCUT2D eigenvalue weighted by molar-refractivity contribution is 6.02. The first-order valence-electron chi connectivity index (χ1n) is 16.7. The van der Waals surface area contributed by atoms with Gasteiger partial charge in [-0.3, -0.25) is 4.79 Å². The molecular weight excluding hydrogens is 658 g/mol. The maximum atomic E-state index is 13.1. The number of hydrogen-bond donors (Lipinski definition) is 3. The molecule has 1 aliphatic rings. The lowest BCUT2D eigenvalue weighted by molar-refractivity contribution is -0.131. The van der Waals surface area contributed by atoms with Gasteiger partial charge in [0.25, 0.3) is 0 Å². The number of methoxy groups -OCH3 is 3. The first kappa shape index (κ1) is 38.4. The first-order chi connectivity index (χ1) is 24.4. The molecular formula is C38H45N3O10. The Kier molecular flexibility index (Phi) is 13.5. The Hall–Kier alpha value is -5.43. The van der Waals surface area contributed by atoms with E-state index in [1.165, 1.54) is 64.1 Å². The van der Waals surface area contributed by atoms with Crippen LogP contribution in [0.4, 0.5) is 16.2 Å². The van der Waals surface area contributed by atoms with E-state index < -0.39 is 23.9 Å². The van der Waals surface area contributed by atoms with Crippen molar-refractivity contribution in [3.8, 4) is 11.5 Å². The van der Waals surface area contributed by atoms with Crippen LogP contribution in [0.1, 0.15) is 76.7 Å². The van der Waals surface area contributed by atoms with Gasteiger partial charge in [0.15, 0.2) is 5.75 Å². The monoisotopic (exact) mass is 703 g/mol. The number of ether oxygens (including phenoxy) is 5. The topological polar surface area (TPSA) is 168 Å². The van der Waals surface area contributed by atoms with E-state index in [4.69, 9.17) is 23.7 Å². The lowest BCUT2D eigenvalue weighted by Crippen LogP contribution is -2.37. The third-order valence-electron chi connectivity index (χ3n) is 8.72. The van der Waals surface area contributed by atoms with Gasteiger partial charge >= 0.3 is 23.9 Å². The summed E-state index contributed by atoms with van der Waals surface area (Å²) in [6.45, 7) is 6.93. The summed E-state index contributed by atoms with van der Waals surface area (Å²) in [5.74, 6) is -0.581. The van der Waals surface area contributed by atoms with Crippen molar-refractivity contribution < 1.29 is 47.7 Å². The van der Waals surface area contributed by atoms with Crippen LogP contribution >= 0.6 is 0 Å². The van der Waals surface area contributed by atoms with E-state index in [-0.39, 0.29) is 52.5 Å². The number of carbonyl (C=O) groups excluding carboxylic acids is 5. The van der Waals surface area contributed by atoms with Crippen molar-refractivity contribution in [1.82, 2.24) is 5.32 Å². The number of urea groups is 1. The molecule has 51 heavy (non-hydrogen) atoms. The number of anilines is 2. The number of amides is 3. The van der Waals surface area contributed by atoms with E-state index >= 15 is 0 Å². The highest BCUT2D eigenvalue weighted by atomic mass is 16.5. The molecule has 4 rings (SSSR count). The standard InChI is InChI=1S/C38H45N3O10/c1-22(2)30-13-7-23(3)15-33(30)50-21-34(42)39-20-24-8-11-28(12-9-24)40-38(46)41-31-19-25(35(43)47-4)10-14-32(31)51-29-17-26(36(44)48-5)16-27(18-29)37(45)49-6/h8-12,14,16-19,22-23,30,33H,7,13,15,20-21H2,1-6H3,(H,39,42)(H2,40,41,46). The fraction of sp³-hybridized carbons (Fsp3) is 0.395. The number of hydrogen-bond acceptors (Lipinski definition) is 10. The molecule has 13 nitrogen and oxygen atoms in total. The van der Waals surface area contributed by atoms with E-state index in [0.717, 1.165) is 18.4 Å². The third kappa shape index (κ3) is 10.8. The molecule has 0 spiro atoms. The average Bonchev–Trinajstić information content (AvgIpc) is 3.12. The largest absolute Gasteiger partial charge is 0.465 e. The Morgan fingerprint density at radius 3 is 2.00 bits per heavy atom. The van der Waals surface area contributed by atoms with Gasteiger partial charge in [-0.2, -0.15) is 0 Å². The van der Waals surface area contributed by atoms with Gasteiger partial charge in [0.1, 0.15) is 12.4 Å².